The first kappa shape index (κ1) is 19.7. The molecule has 136 valence electrons. The number of esters is 1. The largest absolute Gasteiger partial charge is 0.496 e. The van der Waals surface area contributed by atoms with Gasteiger partial charge in [0.25, 0.3) is 5.91 Å². The molecule has 0 saturated carbocycles. The van der Waals surface area contributed by atoms with Crippen molar-refractivity contribution in [2.24, 2.45) is 0 Å². The van der Waals surface area contributed by atoms with Crippen LogP contribution in [0, 0.1) is 6.92 Å². The number of anilines is 1. The van der Waals surface area contributed by atoms with Gasteiger partial charge in [0.2, 0.25) is 0 Å². The van der Waals surface area contributed by atoms with Crippen LogP contribution in [-0.2, 0) is 14.3 Å². The summed E-state index contributed by atoms with van der Waals surface area (Å²) in [5.74, 6) is -0.378. The maximum absolute atomic E-state index is 12.1. The normalized spacial score (nSPS) is 11.8. The van der Waals surface area contributed by atoms with Crippen molar-refractivity contribution in [1.29, 1.82) is 0 Å². The van der Waals surface area contributed by atoms with Gasteiger partial charge in [-0.15, -0.1) is 0 Å². The number of benzene rings is 2. The summed E-state index contributed by atoms with van der Waals surface area (Å²) in [6, 6.07) is 12.8. The molecule has 6 heteroatoms. The number of amides is 1. The maximum atomic E-state index is 12.1. The second-order valence-corrected chi connectivity index (χ2v) is 6.57. The highest BCUT2D eigenvalue weighted by molar-refractivity contribution is 9.10. The third-order valence-corrected chi connectivity index (χ3v) is 4.07. The molecule has 0 saturated heterocycles. The van der Waals surface area contributed by atoms with Crippen LogP contribution >= 0.6 is 15.9 Å². The Labute approximate surface area is 161 Å². The fraction of sp³-hybridized carbons (Fsp3) is 0.200. The molecular formula is C20H20BrNO4. The lowest BCUT2D eigenvalue weighted by atomic mass is 10.2. The first-order chi connectivity index (χ1) is 12.4. The molecule has 0 spiro atoms. The molecule has 0 fully saturated rings. The van der Waals surface area contributed by atoms with Gasteiger partial charge in [-0.05, 0) is 50.3 Å². The van der Waals surface area contributed by atoms with Gasteiger partial charge >= 0.3 is 5.97 Å². The first-order valence-corrected chi connectivity index (χ1v) is 8.78. The van der Waals surface area contributed by atoms with E-state index in [2.05, 4.69) is 21.2 Å². The third-order valence-electron chi connectivity index (χ3n) is 3.57. The summed E-state index contributed by atoms with van der Waals surface area (Å²) >= 11 is 3.37. The van der Waals surface area contributed by atoms with E-state index >= 15 is 0 Å². The number of methoxy groups -OCH3 is 1. The van der Waals surface area contributed by atoms with E-state index < -0.39 is 18.0 Å². The molecule has 2 aromatic carbocycles. The highest BCUT2D eigenvalue weighted by atomic mass is 79.9. The molecule has 0 heterocycles. The van der Waals surface area contributed by atoms with Crippen LogP contribution in [0.1, 0.15) is 18.1 Å². The van der Waals surface area contributed by atoms with Gasteiger partial charge in [-0.25, -0.2) is 4.79 Å². The van der Waals surface area contributed by atoms with Crippen LogP contribution < -0.4 is 10.1 Å². The molecule has 0 radical (unpaired) electrons. The summed E-state index contributed by atoms with van der Waals surface area (Å²) in [7, 11) is 1.55. The number of aryl methyl sites for hydroxylation is 1. The summed E-state index contributed by atoms with van der Waals surface area (Å²) in [5.41, 5.74) is 2.46. The van der Waals surface area contributed by atoms with Gasteiger partial charge in [-0.2, -0.15) is 0 Å². The molecule has 0 aliphatic rings. The van der Waals surface area contributed by atoms with Crippen LogP contribution in [0.25, 0.3) is 6.08 Å². The first-order valence-electron chi connectivity index (χ1n) is 7.99. The molecule has 0 bridgehead atoms. The number of halogens is 1. The van der Waals surface area contributed by atoms with E-state index in [1.165, 1.54) is 13.0 Å². The van der Waals surface area contributed by atoms with E-state index in [-0.39, 0.29) is 0 Å². The van der Waals surface area contributed by atoms with Crippen LogP contribution in [-0.4, -0.2) is 25.1 Å². The highest BCUT2D eigenvalue weighted by Gasteiger charge is 2.16. The molecule has 1 atom stereocenters. The predicted octanol–water partition coefficient (Wildman–Crippen LogP) is 4.35. The van der Waals surface area contributed by atoms with Crippen LogP contribution in [0.3, 0.4) is 0 Å². The lowest BCUT2D eigenvalue weighted by molar-refractivity contribution is -0.148. The third kappa shape index (κ3) is 5.74. The van der Waals surface area contributed by atoms with Gasteiger partial charge in [0, 0.05) is 21.8 Å². The van der Waals surface area contributed by atoms with Crippen molar-refractivity contribution in [1.82, 2.24) is 0 Å². The molecule has 1 amide bonds. The second-order valence-electron chi connectivity index (χ2n) is 5.65. The molecule has 1 N–H and O–H groups in total. The molecule has 0 aromatic heterocycles. The average Bonchev–Trinajstić information content (AvgIpc) is 2.62. The molecule has 0 aliphatic heterocycles. The second kappa shape index (κ2) is 9.20. The quantitative estimate of drug-likeness (QED) is 0.560. The molecule has 2 rings (SSSR count). The topological polar surface area (TPSA) is 64.6 Å². The minimum atomic E-state index is -0.919. The number of hydrogen-bond donors (Lipinski definition) is 1. The molecule has 26 heavy (non-hydrogen) atoms. The van der Waals surface area contributed by atoms with Crippen molar-refractivity contribution in [2.75, 3.05) is 12.4 Å². The summed E-state index contributed by atoms with van der Waals surface area (Å²) in [6.45, 7) is 3.48. The van der Waals surface area contributed by atoms with Gasteiger partial charge in [-0.1, -0.05) is 33.6 Å². The van der Waals surface area contributed by atoms with Crippen molar-refractivity contribution in [2.45, 2.75) is 20.0 Å². The van der Waals surface area contributed by atoms with Crippen LogP contribution in [0.15, 0.2) is 53.0 Å². The Hall–Kier alpha value is -2.60. The van der Waals surface area contributed by atoms with Gasteiger partial charge in [0.1, 0.15) is 5.75 Å². The fourth-order valence-corrected chi connectivity index (χ4v) is 2.52. The van der Waals surface area contributed by atoms with E-state index in [9.17, 15) is 9.59 Å². The van der Waals surface area contributed by atoms with Gasteiger partial charge in [0.05, 0.1) is 7.11 Å². The van der Waals surface area contributed by atoms with Crippen molar-refractivity contribution in [3.8, 4) is 5.75 Å². The lowest BCUT2D eigenvalue weighted by Gasteiger charge is -2.12. The van der Waals surface area contributed by atoms with Crippen LogP contribution in [0.5, 0.6) is 5.75 Å². The average molecular weight is 418 g/mol. The molecule has 2 aromatic rings. The smallest absolute Gasteiger partial charge is 0.331 e. The summed E-state index contributed by atoms with van der Waals surface area (Å²) in [5, 5.41) is 2.71. The Morgan fingerprint density at radius 3 is 2.50 bits per heavy atom. The Morgan fingerprint density at radius 2 is 1.85 bits per heavy atom. The van der Waals surface area contributed by atoms with Crippen molar-refractivity contribution in [3.63, 3.8) is 0 Å². The zero-order chi connectivity index (χ0) is 19.1. The Balaban J connectivity index is 1.95. The number of carbonyl (C=O) groups excluding carboxylic acids is 2. The van der Waals surface area contributed by atoms with Gasteiger partial charge in [0.15, 0.2) is 6.10 Å². The number of ether oxygens (including phenoxy) is 2. The van der Waals surface area contributed by atoms with Crippen LogP contribution in [0.2, 0.25) is 0 Å². The highest BCUT2D eigenvalue weighted by Crippen LogP contribution is 2.24. The summed E-state index contributed by atoms with van der Waals surface area (Å²) in [4.78, 5) is 24.1. The minimum Gasteiger partial charge on any atom is -0.496 e. The van der Waals surface area contributed by atoms with Crippen LogP contribution in [0.4, 0.5) is 5.69 Å². The fourth-order valence-electron chi connectivity index (χ4n) is 2.14. The zero-order valence-corrected chi connectivity index (χ0v) is 16.4. The molecular weight excluding hydrogens is 398 g/mol. The number of carbonyl (C=O) groups is 2. The summed E-state index contributed by atoms with van der Waals surface area (Å²) in [6.07, 6.45) is 1.93. The van der Waals surface area contributed by atoms with E-state index in [0.29, 0.717) is 11.4 Å². The molecule has 1 unspecified atom stereocenters. The zero-order valence-electron chi connectivity index (χ0n) is 14.8. The Morgan fingerprint density at radius 1 is 1.15 bits per heavy atom. The van der Waals surface area contributed by atoms with Crippen molar-refractivity contribution >= 4 is 39.6 Å². The Bertz CT molecular complexity index is 815. The Kier molecular flexibility index (Phi) is 6.97. The standard InChI is InChI=1S/C20H20BrNO4/c1-13-4-8-17(9-5-13)22-20(24)14(2)26-19(23)11-6-15-12-16(21)7-10-18(15)25-3/h4-12,14H,1-3H3,(H,22,24)/b11-6+. The van der Waals surface area contributed by atoms with E-state index in [1.807, 2.05) is 31.2 Å². The van der Waals surface area contributed by atoms with Crippen molar-refractivity contribution < 1.29 is 19.1 Å². The molecule has 5 nitrogen and oxygen atoms in total. The number of hydrogen-bond acceptors (Lipinski definition) is 4. The van der Waals surface area contributed by atoms with Gasteiger partial charge < -0.3 is 14.8 Å². The van der Waals surface area contributed by atoms with Gasteiger partial charge in [-0.3, -0.25) is 4.79 Å². The lowest BCUT2D eigenvalue weighted by Crippen LogP contribution is -2.29. The van der Waals surface area contributed by atoms with E-state index in [1.54, 1.807) is 31.4 Å². The maximum Gasteiger partial charge on any atom is 0.331 e. The minimum absolute atomic E-state index is 0.393. The predicted molar refractivity (Wildman–Crippen MR) is 105 cm³/mol. The van der Waals surface area contributed by atoms with E-state index in [0.717, 1.165) is 15.6 Å². The number of rotatable bonds is 6. The monoisotopic (exact) mass is 417 g/mol. The summed E-state index contributed by atoms with van der Waals surface area (Å²) < 4.78 is 11.2. The van der Waals surface area contributed by atoms with Crippen molar-refractivity contribution in [3.05, 3.63) is 64.1 Å². The SMILES string of the molecule is COc1ccc(Br)cc1/C=C/C(=O)OC(C)C(=O)Nc1ccc(C)cc1. The number of nitrogens with one attached hydrogen (secondary N) is 1. The van der Waals surface area contributed by atoms with E-state index in [4.69, 9.17) is 9.47 Å². The molecule has 0 aliphatic carbocycles.